The number of hydrogen-bond donors (Lipinski definition) is 1. The molecular weight excluding hydrogens is 400 g/mol. The van der Waals surface area contributed by atoms with Gasteiger partial charge in [0.2, 0.25) is 0 Å². The Balaban J connectivity index is 1.81. The minimum atomic E-state index is -0.696. The fraction of sp³-hybridized carbons (Fsp3) is 0.429. The third-order valence-corrected chi connectivity index (χ3v) is 5.44. The molecule has 1 aromatic carbocycles. The Morgan fingerprint density at radius 2 is 1.65 bits per heavy atom. The summed E-state index contributed by atoms with van der Waals surface area (Å²) in [6.07, 6.45) is 0. The lowest BCUT2D eigenvalue weighted by Crippen LogP contribution is -2.52. The molecule has 0 aliphatic carbocycles. The van der Waals surface area contributed by atoms with Gasteiger partial charge in [0, 0.05) is 47.3 Å². The molecule has 0 spiro atoms. The predicted octanol–water partition coefficient (Wildman–Crippen LogP) is -0.341. The van der Waals surface area contributed by atoms with Crippen LogP contribution in [0.5, 0.6) is 0 Å². The maximum absolute atomic E-state index is 13.0. The number of carbonyl (C=O) groups excluding carboxylic acids is 2. The second kappa shape index (κ2) is 9.17. The van der Waals surface area contributed by atoms with E-state index in [9.17, 15) is 19.2 Å². The normalized spacial score (nSPS) is 14.5. The highest BCUT2D eigenvalue weighted by molar-refractivity contribution is 6.01. The third-order valence-electron chi connectivity index (χ3n) is 5.44. The smallest absolute Gasteiger partial charge is 0.332 e. The number of urea groups is 1. The van der Waals surface area contributed by atoms with Crippen LogP contribution in [0.4, 0.5) is 10.6 Å². The summed E-state index contributed by atoms with van der Waals surface area (Å²) in [7, 11) is 4.73. The fourth-order valence-electron chi connectivity index (χ4n) is 3.63. The SMILES string of the molecule is CN(C)C(=O)N1CCN(CC(=O)c2c(N)n(Cc3ccccc3)c(=O)n(C)c2=O)CC1. The summed E-state index contributed by atoms with van der Waals surface area (Å²) in [6, 6.07) is 9.14. The maximum Gasteiger partial charge on any atom is 0.332 e. The summed E-state index contributed by atoms with van der Waals surface area (Å²) in [4.78, 5) is 55.5. The molecule has 0 unspecified atom stereocenters. The number of nitrogens with zero attached hydrogens (tertiary/aromatic N) is 5. The van der Waals surface area contributed by atoms with Crippen LogP contribution < -0.4 is 17.0 Å². The number of amides is 2. The summed E-state index contributed by atoms with van der Waals surface area (Å²) >= 11 is 0. The summed E-state index contributed by atoms with van der Waals surface area (Å²) in [5, 5.41) is 0. The number of ketones is 1. The van der Waals surface area contributed by atoms with E-state index in [1.807, 2.05) is 35.2 Å². The number of anilines is 1. The molecule has 0 saturated carbocycles. The molecule has 0 radical (unpaired) electrons. The highest BCUT2D eigenvalue weighted by atomic mass is 16.2. The first-order valence-corrected chi connectivity index (χ1v) is 10.1. The Labute approximate surface area is 180 Å². The standard InChI is InChI=1S/C21H28N6O4/c1-23(2)20(30)26-11-9-25(10-12-26)14-16(28)17-18(22)27(21(31)24(3)19(17)29)13-15-7-5-4-6-8-15/h4-8H,9-14,22H2,1-3H3. The number of benzene rings is 1. The van der Waals surface area contributed by atoms with Crippen molar-refractivity contribution in [1.82, 2.24) is 23.8 Å². The first-order chi connectivity index (χ1) is 14.7. The number of nitrogens with two attached hydrogens (primary N) is 1. The zero-order valence-corrected chi connectivity index (χ0v) is 18.1. The van der Waals surface area contributed by atoms with Crippen LogP contribution in [0.3, 0.4) is 0 Å². The van der Waals surface area contributed by atoms with E-state index in [2.05, 4.69) is 0 Å². The van der Waals surface area contributed by atoms with Gasteiger partial charge in [0.05, 0.1) is 13.1 Å². The van der Waals surface area contributed by atoms with Crippen molar-refractivity contribution >= 4 is 17.6 Å². The molecule has 1 fully saturated rings. The Kier molecular flexibility index (Phi) is 6.59. The van der Waals surface area contributed by atoms with Crippen molar-refractivity contribution in [3.63, 3.8) is 0 Å². The zero-order valence-electron chi connectivity index (χ0n) is 18.1. The van der Waals surface area contributed by atoms with Gasteiger partial charge in [-0.05, 0) is 5.56 Å². The summed E-state index contributed by atoms with van der Waals surface area (Å²) in [5.41, 5.74) is 5.54. The lowest BCUT2D eigenvalue weighted by molar-refractivity contribution is 0.0861. The van der Waals surface area contributed by atoms with E-state index in [4.69, 9.17) is 5.73 Å². The Morgan fingerprint density at radius 1 is 1.03 bits per heavy atom. The minimum absolute atomic E-state index is 0.00697. The number of carbonyl (C=O) groups is 2. The number of piperazine rings is 1. The van der Waals surface area contributed by atoms with Gasteiger partial charge in [-0.2, -0.15) is 0 Å². The molecular formula is C21H28N6O4. The second-order valence-corrected chi connectivity index (χ2v) is 7.84. The Bertz CT molecular complexity index is 1080. The first-order valence-electron chi connectivity index (χ1n) is 10.1. The van der Waals surface area contributed by atoms with Gasteiger partial charge in [-0.25, -0.2) is 9.59 Å². The Morgan fingerprint density at radius 3 is 2.23 bits per heavy atom. The van der Waals surface area contributed by atoms with Gasteiger partial charge >= 0.3 is 11.7 Å². The van der Waals surface area contributed by atoms with Crippen molar-refractivity contribution < 1.29 is 9.59 Å². The minimum Gasteiger partial charge on any atom is -0.384 e. The van der Waals surface area contributed by atoms with Crippen molar-refractivity contribution in [3.05, 3.63) is 62.3 Å². The van der Waals surface area contributed by atoms with Gasteiger partial charge in [0.1, 0.15) is 11.4 Å². The number of hydrogen-bond acceptors (Lipinski definition) is 6. The van der Waals surface area contributed by atoms with E-state index in [1.165, 1.54) is 16.5 Å². The van der Waals surface area contributed by atoms with Crippen molar-refractivity contribution in [1.29, 1.82) is 0 Å². The van der Waals surface area contributed by atoms with Gasteiger partial charge in [0.25, 0.3) is 5.56 Å². The molecule has 2 heterocycles. The maximum atomic E-state index is 13.0. The van der Waals surface area contributed by atoms with Crippen LogP contribution in [-0.2, 0) is 13.6 Å². The zero-order chi connectivity index (χ0) is 22.7. The number of Topliss-reactive ketones (excluding diaryl/α,β-unsaturated/α-hetero) is 1. The van der Waals surface area contributed by atoms with Crippen LogP contribution in [0.25, 0.3) is 0 Å². The van der Waals surface area contributed by atoms with Crippen molar-refractivity contribution in [2.24, 2.45) is 7.05 Å². The number of rotatable bonds is 5. The van der Waals surface area contributed by atoms with Gasteiger partial charge in [0.15, 0.2) is 5.78 Å². The molecule has 2 amide bonds. The molecule has 0 bridgehead atoms. The molecule has 3 rings (SSSR count). The van der Waals surface area contributed by atoms with Crippen LogP contribution in [0.15, 0.2) is 39.9 Å². The van der Waals surface area contributed by atoms with E-state index >= 15 is 0 Å². The summed E-state index contributed by atoms with van der Waals surface area (Å²) in [5.74, 6) is -0.560. The second-order valence-electron chi connectivity index (χ2n) is 7.84. The van der Waals surface area contributed by atoms with Crippen molar-refractivity contribution in [2.45, 2.75) is 6.54 Å². The lowest BCUT2D eigenvalue weighted by Gasteiger charge is -2.35. The third kappa shape index (κ3) is 4.69. The van der Waals surface area contributed by atoms with E-state index in [-0.39, 0.29) is 30.5 Å². The van der Waals surface area contributed by atoms with Gasteiger partial charge in [-0.15, -0.1) is 0 Å². The van der Waals surface area contributed by atoms with E-state index in [1.54, 1.807) is 19.0 Å². The van der Waals surface area contributed by atoms with E-state index < -0.39 is 17.0 Å². The van der Waals surface area contributed by atoms with Crippen LogP contribution in [-0.4, -0.2) is 82.5 Å². The summed E-state index contributed by atoms with van der Waals surface area (Å²) < 4.78 is 2.16. The lowest BCUT2D eigenvalue weighted by atomic mass is 10.1. The molecule has 0 atom stereocenters. The molecule has 10 nitrogen and oxygen atoms in total. The van der Waals surface area contributed by atoms with Crippen LogP contribution in [0, 0.1) is 0 Å². The van der Waals surface area contributed by atoms with Crippen LogP contribution >= 0.6 is 0 Å². The highest BCUT2D eigenvalue weighted by Crippen LogP contribution is 2.11. The van der Waals surface area contributed by atoms with Crippen LogP contribution in [0.1, 0.15) is 15.9 Å². The molecule has 166 valence electrons. The van der Waals surface area contributed by atoms with E-state index in [0.717, 1.165) is 10.1 Å². The molecule has 2 N–H and O–H groups in total. The molecule has 2 aromatic rings. The van der Waals surface area contributed by atoms with Crippen molar-refractivity contribution in [2.75, 3.05) is 52.6 Å². The van der Waals surface area contributed by atoms with E-state index in [0.29, 0.717) is 26.2 Å². The molecule has 10 heteroatoms. The van der Waals surface area contributed by atoms with Gasteiger partial charge in [-0.1, -0.05) is 30.3 Å². The molecule has 1 aliphatic heterocycles. The van der Waals surface area contributed by atoms with Crippen LogP contribution in [0.2, 0.25) is 0 Å². The molecule has 1 aliphatic rings. The average Bonchev–Trinajstić information content (AvgIpc) is 2.76. The number of aromatic nitrogens is 2. The molecule has 31 heavy (non-hydrogen) atoms. The molecule has 1 aromatic heterocycles. The molecule has 1 saturated heterocycles. The Hall–Kier alpha value is -3.40. The van der Waals surface area contributed by atoms with Gasteiger partial charge < -0.3 is 15.5 Å². The summed E-state index contributed by atoms with van der Waals surface area (Å²) in [6.45, 7) is 2.15. The fourth-order valence-corrected chi connectivity index (χ4v) is 3.63. The van der Waals surface area contributed by atoms with Gasteiger partial charge in [-0.3, -0.25) is 23.6 Å². The van der Waals surface area contributed by atoms with Crippen molar-refractivity contribution in [3.8, 4) is 0 Å². The quantitative estimate of drug-likeness (QED) is 0.652. The largest absolute Gasteiger partial charge is 0.384 e. The monoisotopic (exact) mass is 428 g/mol. The topological polar surface area (TPSA) is 114 Å². The average molecular weight is 428 g/mol. The predicted molar refractivity (Wildman–Crippen MR) is 117 cm³/mol. The first kappa shape index (κ1) is 22.3. The number of nitrogen functional groups attached to an aromatic ring is 1. The highest BCUT2D eigenvalue weighted by Gasteiger charge is 2.27.